The van der Waals surface area contributed by atoms with Crippen molar-refractivity contribution in [3.05, 3.63) is 73.8 Å². The van der Waals surface area contributed by atoms with Gasteiger partial charge in [0.15, 0.2) is 0 Å². The summed E-state index contributed by atoms with van der Waals surface area (Å²) in [5.74, 6) is -2.23. The molecule has 33 heavy (non-hydrogen) atoms. The van der Waals surface area contributed by atoms with Crippen molar-refractivity contribution in [2.45, 2.75) is 32.7 Å². The fourth-order valence-electron chi connectivity index (χ4n) is 4.56. The second-order valence-corrected chi connectivity index (χ2v) is 9.37. The summed E-state index contributed by atoms with van der Waals surface area (Å²) in [6, 6.07) is 9.88. The maximum Gasteiger partial charge on any atom is 0.273 e. The van der Waals surface area contributed by atoms with Gasteiger partial charge in [0.2, 0.25) is 0 Å². The van der Waals surface area contributed by atoms with Gasteiger partial charge in [0.05, 0.1) is 23.3 Å². The predicted molar refractivity (Wildman–Crippen MR) is 121 cm³/mol. The SMILES string of the molecule is C[C@@H]1CC[C@H]2C(=O)N(N(Cc3ccc(Cl)cc3Cl)C(=O)c3cccc([N+](=O)[O-])c3)C(=O)[C@@H]2C1. The van der Waals surface area contributed by atoms with Gasteiger partial charge in [0.25, 0.3) is 23.4 Å². The van der Waals surface area contributed by atoms with Gasteiger partial charge in [-0.05, 0) is 48.9 Å². The van der Waals surface area contributed by atoms with Gasteiger partial charge >= 0.3 is 0 Å². The number of nitrogens with zero attached hydrogens (tertiary/aromatic N) is 3. The van der Waals surface area contributed by atoms with E-state index in [1.54, 1.807) is 12.1 Å². The molecule has 0 bridgehead atoms. The molecule has 8 nitrogen and oxygen atoms in total. The first-order valence-corrected chi connectivity index (χ1v) is 11.3. The third-order valence-electron chi connectivity index (χ3n) is 6.28. The monoisotopic (exact) mass is 489 g/mol. The molecular formula is C23H21Cl2N3O5. The minimum Gasteiger partial charge on any atom is -0.272 e. The number of carbonyl (C=O) groups is 3. The number of carbonyl (C=O) groups excluding carboxylic acids is 3. The van der Waals surface area contributed by atoms with Gasteiger partial charge in [-0.3, -0.25) is 24.5 Å². The molecule has 172 valence electrons. The highest BCUT2D eigenvalue weighted by atomic mass is 35.5. The van der Waals surface area contributed by atoms with E-state index in [9.17, 15) is 24.5 Å². The third kappa shape index (κ3) is 4.45. The van der Waals surface area contributed by atoms with E-state index in [0.29, 0.717) is 29.3 Å². The van der Waals surface area contributed by atoms with E-state index < -0.39 is 34.5 Å². The van der Waals surface area contributed by atoms with Crippen LogP contribution in [0.2, 0.25) is 10.0 Å². The molecule has 0 aromatic heterocycles. The van der Waals surface area contributed by atoms with Gasteiger partial charge in [-0.15, -0.1) is 0 Å². The third-order valence-corrected chi connectivity index (χ3v) is 6.87. The minimum absolute atomic E-state index is 0.0156. The van der Waals surface area contributed by atoms with Crippen LogP contribution in [0.15, 0.2) is 42.5 Å². The number of nitro groups is 1. The predicted octanol–water partition coefficient (Wildman–Crippen LogP) is 4.88. The zero-order valence-corrected chi connectivity index (χ0v) is 19.3. The molecule has 1 saturated carbocycles. The molecule has 1 aliphatic carbocycles. The van der Waals surface area contributed by atoms with Crippen molar-refractivity contribution in [2.75, 3.05) is 0 Å². The summed E-state index contributed by atoms with van der Waals surface area (Å²) in [5.41, 5.74) is 0.189. The molecule has 0 unspecified atom stereocenters. The Kier molecular flexibility index (Phi) is 6.41. The fraction of sp³-hybridized carbons (Fsp3) is 0.348. The van der Waals surface area contributed by atoms with Gasteiger partial charge < -0.3 is 0 Å². The van der Waals surface area contributed by atoms with E-state index in [-0.39, 0.29) is 22.8 Å². The van der Waals surface area contributed by atoms with Crippen molar-refractivity contribution in [2.24, 2.45) is 17.8 Å². The number of halogens is 2. The maximum atomic E-state index is 13.5. The minimum atomic E-state index is -0.710. The lowest BCUT2D eigenvalue weighted by atomic mass is 9.76. The second-order valence-electron chi connectivity index (χ2n) is 8.53. The Hall–Kier alpha value is -2.97. The van der Waals surface area contributed by atoms with Crippen LogP contribution in [0, 0.1) is 27.9 Å². The molecule has 4 rings (SSSR count). The van der Waals surface area contributed by atoms with E-state index >= 15 is 0 Å². The van der Waals surface area contributed by atoms with Crippen molar-refractivity contribution in [1.29, 1.82) is 0 Å². The summed E-state index contributed by atoms with van der Waals surface area (Å²) in [6.07, 6.45) is 1.98. The summed E-state index contributed by atoms with van der Waals surface area (Å²) in [4.78, 5) is 50.7. The molecule has 2 aromatic carbocycles. The van der Waals surface area contributed by atoms with Crippen LogP contribution in [0.1, 0.15) is 42.1 Å². The number of hydrogen-bond acceptors (Lipinski definition) is 5. The van der Waals surface area contributed by atoms with Crippen LogP contribution in [0.5, 0.6) is 0 Å². The maximum absolute atomic E-state index is 13.5. The van der Waals surface area contributed by atoms with Crippen LogP contribution in [0.3, 0.4) is 0 Å². The number of fused-ring (bicyclic) bond motifs is 1. The van der Waals surface area contributed by atoms with Crippen LogP contribution in [-0.2, 0) is 16.1 Å². The largest absolute Gasteiger partial charge is 0.273 e. The van der Waals surface area contributed by atoms with Gasteiger partial charge in [-0.1, -0.05) is 42.3 Å². The van der Waals surface area contributed by atoms with Crippen molar-refractivity contribution in [3.8, 4) is 0 Å². The molecule has 0 radical (unpaired) electrons. The molecule has 2 aromatic rings. The van der Waals surface area contributed by atoms with E-state index in [4.69, 9.17) is 23.2 Å². The number of benzene rings is 2. The molecule has 1 saturated heterocycles. The molecule has 2 fully saturated rings. The second kappa shape index (κ2) is 9.11. The highest BCUT2D eigenvalue weighted by Gasteiger charge is 2.52. The average Bonchev–Trinajstić information content (AvgIpc) is 3.02. The molecule has 1 heterocycles. The Balaban J connectivity index is 1.75. The van der Waals surface area contributed by atoms with Gasteiger partial charge in [0.1, 0.15) is 0 Å². The Bertz CT molecular complexity index is 1150. The smallest absolute Gasteiger partial charge is 0.272 e. The van der Waals surface area contributed by atoms with Gasteiger partial charge in [-0.2, -0.15) is 5.01 Å². The van der Waals surface area contributed by atoms with Crippen LogP contribution >= 0.6 is 23.2 Å². The lowest BCUT2D eigenvalue weighted by Crippen LogP contribution is -2.49. The number of rotatable bonds is 5. The number of nitro benzene ring substituents is 1. The Labute approximate surface area is 200 Å². The first kappa shape index (κ1) is 23.2. The Morgan fingerprint density at radius 1 is 1.12 bits per heavy atom. The Morgan fingerprint density at radius 3 is 2.55 bits per heavy atom. The highest BCUT2D eigenvalue weighted by Crippen LogP contribution is 2.41. The molecule has 3 atom stereocenters. The molecule has 2 aliphatic rings. The fourth-order valence-corrected chi connectivity index (χ4v) is 5.02. The van der Waals surface area contributed by atoms with Crippen molar-refractivity contribution >= 4 is 46.6 Å². The van der Waals surface area contributed by atoms with Gasteiger partial charge in [0, 0.05) is 27.7 Å². The molecule has 10 heteroatoms. The highest BCUT2D eigenvalue weighted by molar-refractivity contribution is 6.35. The van der Waals surface area contributed by atoms with Crippen LogP contribution in [0.25, 0.3) is 0 Å². The van der Waals surface area contributed by atoms with Crippen LogP contribution < -0.4 is 0 Å². The topological polar surface area (TPSA) is 101 Å². The lowest BCUT2D eigenvalue weighted by molar-refractivity contribution is -0.384. The van der Waals surface area contributed by atoms with E-state index in [1.807, 2.05) is 6.92 Å². The lowest BCUT2D eigenvalue weighted by Gasteiger charge is -2.31. The zero-order chi connectivity index (χ0) is 23.9. The first-order valence-electron chi connectivity index (χ1n) is 10.6. The van der Waals surface area contributed by atoms with Crippen molar-refractivity contribution in [3.63, 3.8) is 0 Å². The molecule has 1 aliphatic heterocycles. The van der Waals surface area contributed by atoms with Crippen molar-refractivity contribution in [1.82, 2.24) is 10.0 Å². The molecule has 0 spiro atoms. The van der Waals surface area contributed by atoms with E-state index in [2.05, 4.69) is 0 Å². The summed E-state index contributed by atoms with van der Waals surface area (Å²) in [7, 11) is 0. The molecule has 0 N–H and O–H groups in total. The van der Waals surface area contributed by atoms with Crippen molar-refractivity contribution < 1.29 is 19.3 Å². The molecular weight excluding hydrogens is 469 g/mol. The van der Waals surface area contributed by atoms with Crippen LogP contribution in [-0.4, -0.2) is 32.7 Å². The standard InChI is InChI=1S/C23H21Cl2N3O5/c1-13-5-8-18-19(9-13)23(31)27(22(18)30)26(12-15-6-7-16(24)11-20(15)25)21(29)14-3-2-4-17(10-14)28(32)33/h2-4,6-7,10-11,13,18-19H,5,8-9,12H2,1H3/t13-,18-,19-/m1/s1. The van der Waals surface area contributed by atoms with E-state index in [0.717, 1.165) is 22.5 Å². The van der Waals surface area contributed by atoms with Gasteiger partial charge in [-0.25, -0.2) is 5.01 Å². The normalized spacial score (nSPS) is 22.3. The first-order chi connectivity index (χ1) is 15.7. The number of non-ortho nitro benzene ring substituents is 1. The quantitative estimate of drug-likeness (QED) is 0.338. The zero-order valence-electron chi connectivity index (χ0n) is 17.7. The molecule has 3 amide bonds. The summed E-state index contributed by atoms with van der Waals surface area (Å²) in [6.45, 7) is 1.86. The van der Waals surface area contributed by atoms with E-state index in [1.165, 1.54) is 24.3 Å². The number of hydrazine groups is 1. The number of amides is 3. The number of hydrogen-bond donors (Lipinski definition) is 0. The summed E-state index contributed by atoms with van der Waals surface area (Å²) >= 11 is 12.3. The number of imide groups is 1. The summed E-state index contributed by atoms with van der Waals surface area (Å²) in [5, 5.41) is 13.8. The average molecular weight is 490 g/mol. The van der Waals surface area contributed by atoms with Crippen LogP contribution in [0.4, 0.5) is 5.69 Å². The summed E-state index contributed by atoms with van der Waals surface area (Å²) < 4.78 is 0. The Morgan fingerprint density at radius 2 is 1.85 bits per heavy atom.